The van der Waals surface area contributed by atoms with Gasteiger partial charge in [0.15, 0.2) is 0 Å². The molecule has 4 aromatic rings. The zero-order valence-corrected chi connectivity index (χ0v) is 23.8. The summed E-state index contributed by atoms with van der Waals surface area (Å²) < 4.78 is 0. The number of nitrogens with zero attached hydrogens (tertiary/aromatic N) is 1. The largest absolute Gasteiger partial charge is 0.366 e. The minimum absolute atomic E-state index is 0.141. The second kappa shape index (κ2) is 14.2. The van der Waals surface area contributed by atoms with Gasteiger partial charge in [-0.1, -0.05) is 47.5 Å². The van der Waals surface area contributed by atoms with E-state index in [-0.39, 0.29) is 28.2 Å². The molecule has 1 fully saturated rings. The minimum Gasteiger partial charge on any atom is -0.366 e. The van der Waals surface area contributed by atoms with Crippen LogP contribution < -0.4 is 26.6 Å². The van der Waals surface area contributed by atoms with Crippen LogP contribution in [0.3, 0.4) is 0 Å². The molecule has 214 valence electrons. The van der Waals surface area contributed by atoms with Crippen LogP contribution in [-0.4, -0.2) is 36.8 Å². The summed E-state index contributed by atoms with van der Waals surface area (Å²) in [6.07, 6.45) is 0.865. The molecule has 1 heterocycles. The van der Waals surface area contributed by atoms with Gasteiger partial charge in [-0.05, 0) is 79.2 Å². The van der Waals surface area contributed by atoms with Gasteiger partial charge >= 0.3 is 6.03 Å². The van der Waals surface area contributed by atoms with Crippen molar-refractivity contribution >= 4 is 64.0 Å². The lowest BCUT2D eigenvalue weighted by Gasteiger charge is -2.27. The Morgan fingerprint density at radius 2 is 1.45 bits per heavy atom. The molecule has 4 aromatic carbocycles. The number of rotatable bonds is 6. The van der Waals surface area contributed by atoms with Crippen molar-refractivity contribution in [3.05, 3.63) is 124 Å². The molecule has 1 aliphatic heterocycles. The van der Waals surface area contributed by atoms with Gasteiger partial charge in [-0.2, -0.15) is 0 Å². The maximum atomic E-state index is 13.0. The Morgan fingerprint density at radius 1 is 0.762 bits per heavy atom. The number of urea groups is 1. The molecular formula is C31H27Cl2N5O4. The van der Waals surface area contributed by atoms with Crippen molar-refractivity contribution in [1.29, 1.82) is 0 Å². The molecule has 9 nitrogen and oxygen atoms in total. The second-order valence-electron chi connectivity index (χ2n) is 9.09. The first-order chi connectivity index (χ1) is 20.2. The molecule has 0 aliphatic carbocycles. The van der Waals surface area contributed by atoms with Gasteiger partial charge in [0.1, 0.15) is 0 Å². The molecular weight excluding hydrogens is 577 g/mol. The molecule has 0 bridgehead atoms. The van der Waals surface area contributed by atoms with E-state index < -0.39 is 11.8 Å². The van der Waals surface area contributed by atoms with Crippen molar-refractivity contribution in [3.63, 3.8) is 0 Å². The first-order valence-corrected chi connectivity index (χ1v) is 13.7. The summed E-state index contributed by atoms with van der Waals surface area (Å²) >= 11 is 12.2. The van der Waals surface area contributed by atoms with Crippen LogP contribution >= 0.6 is 23.2 Å². The van der Waals surface area contributed by atoms with Gasteiger partial charge in [-0.25, -0.2) is 4.79 Å². The predicted molar refractivity (Wildman–Crippen MR) is 166 cm³/mol. The third kappa shape index (κ3) is 7.87. The average Bonchev–Trinajstić information content (AvgIpc) is 3.00. The van der Waals surface area contributed by atoms with Crippen LogP contribution in [0.2, 0.25) is 10.0 Å². The molecule has 5 amide bonds. The molecule has 5 N–H and O–H groups in total. The normalized spacial score (nSPS) is 12.3. The first-order valence-electron chi connectivity index (χ1n) is 12.9. The molecule has 5 rings (SSSR count). The molecule has 1 saturated heterocycles. The Bertz CT molecular complexity index is 1580. The van der Waals surface area contributed by atoms with E-state index in [2.05, 4.69) is 16.0 Å². The van der Waals surface area contributed by atoms with E-state index in [1.165, 1.54) is 0 Å². The topological polar surface area (TPSA) is 134 Å². The zero-order chi connectivity index (χ0) is 30.1. The number of benzene rings is 4. The van der Waals surface area contributed by atoms with Crippen LogP contribution in [0.5, 0.6) is 0 Å². The summed E-state index contributed by atoms with van der Waals surface area (Å²) in [6.45, 7) is 1.30. The molecule has 0 atom stereocenters. The van der Waals surface area contributed by atoms with Crippen molar-refractivity contribution in [2.24, 2.45) is 5.73 Å². The number of carbonyl (C=O) groups is 4. The van der Waals surface area contributed by atoms with Gasteiger partial charge in [-0.15, -0.1) is 0 Å². The lowest BCUT2D eigenvalue weighted by molar-refractivity contribution is 0.0995. The van der Waals surface area contributed by atoms with Gasteiger partial charge in [0, 0.05) is 40.6 Å². The van der Waals surface area contributed by atoms with Crippen molar-refractivity contribution in [1.82, 2.24) is 5.32 Å². The van der Waals surface area contributed by atoms with E-state index >= 15 is 0 Å². The molecule has 1 aliphatic rings. The average molecular weight is 604 g/mol. The molecule has 42 heavy (non-hydrogen) atoms. The lowest BCUT2D eigenvalue weighted by Crippen LogP contribution is -2.46. The van der Waals surface area contributed by atoms with E-state index in [0.29, 0.717) is 34.9 Å². The fourth-order valence-electron chi connectivity index (χ4n) is 4.03. The summed E-state index contributed by atoms with van der Waals surface area (Å²) in [6, 6.07) is 26.8. The van der Waals surface area contributed by atoms with Crippen LogP contribution in [0.4, 0.5) is 21.9 Å². The first kappa shape index (κ1) is 30.1. The highest BCUT2D eigenvalue weighted by Gasteiger charge is 2.20. The number of nitrogens with two attached hydrogens (primary N) is 1. The third-order valence-electron chi connectivity index (χ3n) is 6.18. The van der Waals surface area contributed by atoms with Crippen LogP contribution in [0.15, 0.2) is 97.1 Å². The highest BCUT2D eigenvalue weighted by atomic mass is 35.5. The molecule has 0 spiro atoms. The number of para-hydroxylation sites is 1. The second-order valence-corrected chi connectivity index (χ2v) is 9.94. The van der Waals surface area contributed by atoms with Gasteiger partial charge in [0.25, 0.3) is 11.8 Å². The Morgan fingerprint density at radius 3 is 2.07 bits per heavy atom. The van der Waals surface area contributed by atoms with Crippen molar-refractivity contribution in [2.45, 2.75) is 6.42 Å². The Kier molecular flexibility index (Phi) is 10.1. The Labute approximate surface area is 252 Å². The van der Waals surface area contributed by atoms with Gasteiger partial charge < -0.3 is 21.7 Å². The molecule has 0 unspecified atom stereocenters. The van der Waals surface area contributed by atoms with Crippen LogP contribution in [0, 0.1) is 0 Å². The highest BCUT2D eigenvalue weighted by Crippen LogP contribution is 2.28. The van der Waals surface area contributed by atoms with Crippen molar-refractivity contribution < 1.29 is 19.2 Å². The number of anilines is 3. The summed E-state index contributed by atoms with van der Waals surface area (Å²) in [5, 5.41) is 9.06. The third-order valence-corrected chi connectivity index (χ3v) is 6.75. The van der Waals surface area contributed by atoms with Gasteiger partial charge in [0.05, 0.1) is 16.3 Å². The number of carbonyl (C=O) groups excluding carboxylic acids is 4. The van der Waals surface area contributed by atoms with Crippen LogP contribution in [0.1, 0.15) is 37.5 Å². The summed E-state index contributed by atoms with van der Waals surface area (Å²) in [4.78, 5) is 49.7. The number of halogens is 2. The van der Waals surface area contributed by atoms with Crippen LogP contribution in [-0.2, 0) is 0 Å². The fourth-order valence-corrected chi connectivity index (χ4v) is 4.38. The smallest absolute Gasteiger partial charge is 0.321 e. The number of nitrogens with one attached hydrogen (secondary N) is 3. The maximum Gasteiger partial charge on any atom is 0.321 e. The molecule has 11 heteroatoms. The van der Waals surface area contributed by atoms with E-state index in [9.17, 15) is 19.2 Å². The number of primary amides is 1. The van der Waals surface area contributed by atoms with E-state index in [1.54, 1.807) is 95.9 Å². The number of hydrogen-bond acceptors (Lipinski definition) is 4. The zero-order valence-electron chi connectivity index (χ0n) is 22.3. The summed E-state index contributed by atoms with van der Waals surface area (Å²) in [7, 11) is 0. The van der Waals surface area contributed by atoms with Crippen molar-refractivity contribution in [2.75, 3.05) is 28.6 Å². The molecule has 0 radical (unpaired) electrons. The summed E-state index contributed by atoms with van der Waals surface area (Å²) in [5.41, 5.74) is 7.60. The maximum absolute atomic E-state index is 13.0. The predicted octanol–water partition coefficient (Wildman–Crippen LogP) is 6.20. The van der Waals surface area contributed by atoms with Crippen molar-refractivity contribution in [3.8, 4) is 0 Å². The summed E-state index contributed by atoms with van der Waals surface area (Å²) in [5.74, 6) is -1.24. The Balaban J connectivity index is 0.000000385. The van der Waals surface area contributed by atoms with Gasteiger partial charge in [0.2, 0.25) is 5.91 Å². The van der Waals surface area contributed by atoms with Gasteiger partial charge in [-0.3, -0.25) is 19.3 Å². The minimum atomic E-state index is -0.438. The van der Waals surface area contributed by atoms with E-state index in [0.717, 1.165) is 12.1 Å². The van der Waals surface area contributed by atoms with E-state index in [1.807, 2.05) is 6.07 Å². The monoisotopic (exact) mass is 603 g/mol. The standard InChI is InChI=1S/C24H20Cl2N4O3.C7H7NO/c25-16-7-5-15(6-8-16)22(31)29-21-19(3-1-4-20(21)26)23(32)28-17-9-11-18(12-10-17)30-14-2-13-27-24(30)33;8-7(9)6-4-2-1-3-5-6/h1,3-12H,2,13-14H2,(H,27,33)(H,28,32)(H,29,31);1-5H,(H2,8,9). The quantitative estimate of drug-likeness (QED) is 0.208. The molecule has 0 saturated carbocycles. The lowest BCUT2D eigenvalue weighted by atomic mass is 10.1. The fraction of sp³-hybridized carbons (Fsp3) is 0.0968. The molecule has 0 aromatic heterocycles. The SMILES string of the molecule is NC(=O)c1ccccc1.O=C(Nc1c(Cl)cccc1C(=O)Nc1ccc(N2CCCNC2=O)cc1)c1ccc(Cl)cc1. The number of amides is 5. The Hall–Kier alpha value is -4.86. The highest BCUT2D eigenvalue weighted by molar-refractivity contribution is 6.35. The van der Waals surface area contributed by atoms with Crippen LogP contribution in [0.25, 0.3) is 0 Å². The van der Waals surface area contributed by atoms with E-state index in [4.69, 9.17) is 28.9 Å². The number of hydrogen-bond donors (Lipinski definition) is 4.